The molecule has 0 amide bonds. The fourth-order valence-corrected chi connectivity index (χ4v) is 3.69. The van der Waals surface area contributed by atoms with Gasteiger partial charge in [0, 0.05) is 0 Å². The first kappa shape index (κ1) is 17.4. The van der Waals surface area contributed by atoms with Gasteiger partial charge in [0.05, 0.1) is 18.4 Å². The molecule has 1 rings (SSSR count). The second-order valence-corrected chi connectivity index (χ2v) is 6.36. The summed E-state index contributed by atoms with van der Waals surface area (Å²) in [7, 11) is -2.54. The molecule has 118 valence electrons. The fraction of sp³-hybridized carbons (Fsp3) is 0.462. The normalized spacial score (nSPS) is 13.0. The Bertz CT molecular complexity index is 653. The number of sulfonamides is 1. The van der Waals surface area contributed by atoms with Crippen molar-refractivity contribution in [2.24, 2.45) is 0 Å². The highest BCUT2D eigenvalue weighted by atomic mass is 32.2. The van der Waals surface area contributed by atoms with Gasteiger partial charge < -0.3 is 14.9 Å². The highest BCUT2D eigenvalue weighted by Crippen LogP contribution is 2.30. The maximum absolute atomic E-state index is 12.3. The summed E-state index contributed by atoms with van der Waals surface area (Å²) in [5.74, 6) is -0.736. The summed E-state index contributed by atoms with van der Waals surface area (Å²) in [5.41, 5.74) is 1.60. The summed E-state index contributed by atoms with van der Waals surface area (Å²) >= 11 is 0. The Morgan fingerprint density at radius 3 is 2.38 bits per heavy atom. The van der Waals surface area contributed by atoms with E-state index in [-0.39, 0.29) is 4.90 Å². The summed E-state index contributed by atoms with van der Waals surface area (Å²) in [4.78, 5) is 10.5. The number of rotatable bonds is 6. The van der Waals surface area contributed by atoms with Gasteiger partial charge in [0.25, 0.3) is 0 Å². The van der Waals surface area contributed by atoms with E-state index in [0.717, 1.165) is 0 Å². The molecule has 0 saturated carbocycles. The smallest absolute Gasteiger partial charge is 0.307 e. The standard InChI is InChI=1S/C13H19NO6S/c1-7-5-10(20-4)8(2)9(3)13(7)21(18,19)14-11(15)6-12(16)17/h5,11,14-15H,6H2,1-4H3,(H,16,17). The number of aryl methyl sites for hydroxylation is 1. The third-order valence-electron chi connectivity index (χ3n) is 3.13. The monoisotopic (exact) mass is 317 g/mol. The zero-order valence-electron chi connectivity index (χ0n) is 12.3. The molecule has 7 nitrogen and oxygen atoms in total. The van der Waals surface area contributed by atoms with E-state index in [1.807, 2.05) is 4.72 Å². The number of carboxylic acid groups (broad SMARTS) is 1. The van der Waals surface area contributed by atoms with Gasteiger partial charge in [0.15, 0.2) is 0 Å². The Morgan fingerprint density at radius 1 is 1.33 bits per heavy atom. The lowest BCUT2D eigenvalue weighted by atomic mass is 10.1. The zero-order valence-corrected chi connectivity index (χ0v) is 13.1. The van der Waals surface area contributed by atoms with E-state index in [2.05, 4.69) is 0 Å². The van der Waals surface area contributed by atoms with E-state index < -0.39 is 28.6 Å². The van der Waals surface area contributed by atoms with Crippen molar-refractivity contribution in [2.75, 3.05) is 7.11 Å². The number of carbonyl (C=O) groups is 1. The lowest BCUT2D eigenvalue weighted by Gasteiger charge is -2.18. The zero-order chi connectivity index (χ0) is 16.4. The van der Waals surface area contributed by atoms with Crippen molar-refractivity contribution in [1.29, 1.82) is 0 Å². The Morgan fingerprint density at radius 2 is 1.90 bits per heavy atom. The fourth-order valence-electron chi connectivity index (χ4n) is 2.09. The summed E-state index contributed by atoms with van der Waals surface area (Å²) in [6.07, 6.45) is -2.40. The summed E-state index contributed by atoms with van der Waals surface area (Å²) < 4.78 is 31.7. The molecule has 0 heterocycles. The molecule has 0 aliphatic carbocycles. The molecule has 8 heteroatoms. The Kier molecular flexibility index (Phi) is 5.32. The molecular weight excluding hydrogens is 298 g/mol. The molecule has 0 saturated heterocycles. The van der Waals surface area contributed by atoms with Crippen LogP contribution in [0.2, 0.25) is 0 Å². The van der Waals surface area contributed by atoms with Crippen LogP contribution in [0, 0.1) is 20.8 Å². The third kappa shape index (κ3) is 3.93. The molecule has 1 atom stereocenters. The highest BCUT2D eigenvalue weighted by Gasteiger charge is 2.25. The number of methoxy groups -OCH3 is 1. The summed E-state index contributed by atoms with van der Waals surface area (Å²) in [5, 5.41) is 18.0. The average Bonchev–Trinajstić information content (AvgIpc) is 2.31. The van der Waals surface area contributed by atoms with Crippen molar-refractivity contribution in [1.82, 2.24) is 4.72 Å². The van der Waals surface area contributed by atoms with Crippen LogP contribution >= 0.6 is 0 Å². The molecule has 21 heavy (non-hydrogen) atoms. The van der Waals surface area contributed by atoms with Crippen LogP contribution in [0.15, 0.2) is 11.0 Å². The number of benzene rings is 1. The molecule has 1 aromatic rings. The van der Waals surface area contributed by atoms with Crippen molar-refractivity contribution in [3.8, 4) is 5.75 Å². The van der Waals surface area contributed by atoms with Crippen LogP contribution in [0.1, 0.15) is 23.1 Å². The number of nitrogens with one attached hydrogen (secondary N) is 1. The second kappa shape index (κ2) is 6.42. The molecule has 0 fully saturated rings. The molecule has 0 aliphatic rings. The number of hydrogen-bond acceptors (Lipinski definition) is 5. The maximum atomic E-state index is 12.3. The summed E-state index contributed by atoms with van der Waals surface area (Å²) in [6.45, 7) is 4.95. The largest absolute Gasteiger partial charge is 0.496 e. The first-order valence-corrected chi connectivity index (χ1v) is 7.65. The Labute approximate surface area is 123 Å². The highest BCUT2D eigenvalue weighted by molar-refractivity contribution is 7.89. The molecule has 0 aliphatic heterocycles. The number of carboxylic acids is 1. The quantitative estimate of drug-likeness (QED) is 0.665. The lowest BCUT2D eigenvalue weighted by Crippen LogP contribution is -2.37. The van der Waals surface area contributed by atoms with Crippen molar-refractivity contribution in [3.63, 3.8) is 0 Å². The van der Waals surface area contributed by atoms with Crippen molar-refractivity contribution in [3.05, 3.63) is 22.8 Å². The Balaban J connectivity index is 3.26. The van der Waals surface area contributed by atoms with Gasteiger partial charge in [-0.2, -0.15) is 4.72 Å². The number of aliphatic hydroxyl groups excluding tert-OH is 1. The first-order chi connectivity index (χ1) is 9.60. The van der Waals surface area contributed by atoms with E-state index in [1.54, 1.807) is 26.8 Å². The predicted octanol–water partition coefficient (Wildman–Crippen LogP) is 0.692. The minimum absolute atomic E-state index is 0.0187. The van der Waals surface area contributed by atoms with Crippen LogP contribution in [0.4, 0.5) is 0 Å². The van der Waals surface area contributed by atoms with Crippen LogP contribution < -0.4 is 9.46 Å². The summed E-state index contributed by atoms with van der Waals surface area (Å²) in [6, 6.07) is 1.58. The average molecular weight is 317 g/mol. The second-order valence-electron chi connectivity index (χ2n) is 4.71. The number of hydrogen-bond donors (Lipinski definition) is 3. The van der Waals surface area contributed by atoms with Crippen LogP contribution in [0.3, 0.4) is 0 Å². The molecule has 1 unspecified atom stereocenters. The molecular formula is C13H19NO6S. The van der Waals surface area contributed by atoms with Crippen molar-refractivity contribution in [2.45, 2.75) is 38.3 Å². The van der Waals surface area contributed by atoms with Gasteiger partial charge in [0.2, 0.25) is 10.0 Å². The van der Waals surface area contributed by atoms with Crippen LogP contribution in [0.5, 0.6) is 5.75 Å². The third-order valence-corrected chi connectivity index (χ3v) is 4.87. The molecule has 0 radical (unpaired) electrons. The van der Waals surface area contributed by atoms with Gasteiger partial charge in [-0.3, -0.25) is 4.79 Å². The van der Waals surface area contributed by atoms with E-state index in [0.29, 0.717) is 22.4 Å². The van der Waals surface area contributed by atoms with Gasteiger partial charge in [-0.1, -0.05) is 0 Å². The SMILES string of the molecule is COc1cc(C)c(S(=O)(=O)NC(O)CC(=O)O)c(C)c1C. The lowest BCUT2D eigenvalue weighted by molar-refractivity contribution is -0.139. The predicted molar refractivity (Wildman–Crippen MR) is 75.8 cm³/mol. The van der Waals surface area contributed by atoms with Gasteiger partial charge >= 0.3 is 5.97 Å². The molecule has 0 bridgehead atoms. The Hall–Kier alpha value is -1.64. The van der Waals surface area contributed by atoms with Crippen molar-refractivity contribution >= 4 is 16.0 Å². The number of aliphatic carboxylic acids is 1. The maximum Gasteiger partial charge on any atom is 0.307 e. The van der Waals surface area contributed by atoms with E-state index in [1.165, 1.54) is 7.11 Å². The first-order valence-electron chi connectivity index (χ1n) is 6.17. The van der Waals surface area contributed by atoms with Gasteiger partial charge in [-0.15, -0.1) is 0 Å². The van der Waals surface area contributed by atoms with E-state index in [4.69, 9.17) is 9.84 Å². The van der Waals surface area contributed by atoms with Crippen molar-refractivity contribution < 1.29 is 28.2 Å². The molecule has 1 aromatic carbocycles. The molecule has 3 N–H and O–H groups in total. The van der Waals surface area contributed by atoms with E-state index in [9.17, 15) is 18.3 Å². The van der Waals surface area contributed by atoms with Crippen LogP contribution in [-0.2, 0) is 14.8 Å². The van der Waals surface area contributed by atoms with E-state index >= 15 is 0 Å². The number of aliphatic hydroxyl groups is 1. The van der Waals surface area contributed by atoms with Gasteiger partial charge in [-0.25, -0.2) is 8.42 Å². The molecule has 0 spiro atoms. The van der Waals surface area contributed by atoms with Crippen LogP contribution in [-0.4, -0.2) is 37.9 Å². The molecule has 0 aromatic heterocycles. The van der Waals surface area contributed by atoms with Gasteiger partial charge in [-0.05, 0) is 43.5 Å². The topological polar surface area (TPSA) is 113 Å². The van der Waals surface area contributed by atoms with Gasteiger partial charge in [0.1, 0.15) is 12.0 Å². The number of ether oxygens (including phenoxy) is 1. The minimum atomic E-state index is -4.03. The minimum Gasteiger partial charge on any atom is -0.496 e. The van der Waals surface area contributed by atoms with Crippen LogP contribution in [0.25, 0.3) is 0 Å².